The first-order valence-electron chi connectivity index (χ1n) is 8.18. The second-order valence-electron chi connectivity index (χ2n) is 5.89. The fourth-order valence-corrected chi connectivity index (χ4v) is 3.85. The highest BCUT2D eigenvalue weighted by Crippen LogP contribution is 2.33. The predicted octanol–water partition coefficient (Wildman–Crippen LogP) is 5.80. The molecule has 0 aliphatic rings. The number of hydrogen-bond acceptors (Lipinski definition) is 3. The van der Waals surface area contributed by atoms with Gasteiger partial charge in [-0.1, -0.05) is 60.1 Å². The highest BCUT2D eigenvalue weighted by molar-refractivity contribution is 7.21. The molecule has 0 aliphatic heterocycles. The third-order valence-corrected chi connectivity index (χ3v) is 5.40. The molecule has 0 spiro atoms. The van der Waals surface area contributed by atoms with Crippen molar-refractivity contribution in [1.82, 2.24) is 4.98 Å². The van der Waals surface area contributed by atoms with Crippen molar-refractivity contribution < 1.29 is 4.79 Å². The Kier molecular flexibility index (Phi) is 4.69. The van der Waals surface area contributed by atoms with E-state index in [9.17, 15) is 4.79 Å². The summed E-state index contributed by atoms with van der Waals surface area (Å²) in [7, 11) is 0. The van der Waals surface area contributed by atoms with Crippen LogP contribution in [0, 0.1) is 0 Å². The number of thiazole rings is 1. The molecular formula is C21H15ClN2OS. The number of carbonyl (C=O) groups excluding carboxylic acids is 1. The molecule has 5 heteroatoms. The number of hydrogen-bond donors (Lipinski definition) is 1. The molecule has 0 fully saturated rings. The van der Waals surface area contributed by atoms with Gasteiger partial charge in [0.1, 0.15) is 5.01 Å². The average molecular weight is 379 g/mol. The lowest BCUT2D eigenvalue weighted by molar-refractivity contribution is -0.115. The zero-order valence-electron chi connectivity index (χ0n) is 13.8. The molecule has 0 aliphatic carbocycles. The molecule has 1 N–H and O–H groups in total. The SMILES string of the molecule is O=C(Cc1ccccc1)Nc1cc(-c2nc3ccccc3s2)ccc1Cl. The summed E-state index contributed by atoms with van der Waals surface area (Å²) in [5, 5.41) is 4.32. The molecule has 0 radical (unpaired) electrons. The quantitative estimate of drug-likeness (QED) is 0.487. The van der Waals surface area contributed by atoms with Crippen LogP contribution in [0.25, 0.3) is 20.8 Å². The van der Waals surface area contributed by atoms with Gasteiger partial charge in [0.05, 0.1) is 27.3 Å². The maximum Gasteiger partial charge on any atom is 0.228 e. The largest absolute Gasteiger partial charge is 0.324 e. The van der Waals surface area contributed by atoms with E-state index in [1.54, 1.807) is 17.4 Å². The first kappa shape index (κ1) is 16.8. The molecule has 1 aromatic heterocycles. The van der Waals surface area contributed by atoms with E-state index in [1.165, 1.54) is 0 Å². The van der Waals surface area contributed by atoms with Gasteiger partial charge < -0.3 is 5.32 Å². The van der Waals surface area contributed by atoms with Gasteiger partial charge >= 0.3 is 0 Å². The summed E-state index contributed by atoms with van der Waals surface area (Å²) < 4.78 is 1.13. The first-order valence-corrected chi connectivity index (χ1v) is 9.38. The molecule has 1 amide bonds. The lowest BCUT2D eigenvalue weighted by Gasteiger charge is -2.09. The normalized spacial score (nSPS) is 10.8. The lowest BCUT2D eigenvalue weighted by Crippen LogP contribution is -2.14. The van der Waals surface area contributed by atoms with Gasteiger partial charge in [-0.05, 0) is 29.8 Å². The van der Waals surface area contributed by atoms with Gasteiger partial charge in [-0.15, -0.1) is 11.3 Å². The Hall–Kier alpha value is -2.69. The molecule has 128 valence electrons. The van der Waals surface area contributed by atoms with Crippen molar-refractivity contribution in [2.45, 2.75) is 6.42 Å². The van der Waals surface area contributed by atoms with Crippen LogP contribution < -0.4 is 5.32 Å². The Morgan fingerprint density at radius 1 is 1.00 bits per heavy atom. The number of rotatable bonds is 4. The number of benzene rings is 3. The van der Waals surface area contributed by atoms with E-state index in [1.807, 2.05) is 60.7 Å². The second kappa shape index (κ2) is 7.28. The number of nitrogens with one attached hydrogen (secondary N) is 1. The fourth-order valence-electron chi connectivity index (χ4n) is 2.73. The van der Waals surface area contributed by atoms with Crippen molar-refractivity contribution in [1.29, 1.82) is 0 Å². The van der Waals surface area contributed by atoms with Crippen LogP contribution in [0.2, 0.25) is 5.02 Å². The standard InChI is InChI=1S/C21H15ClN2OS/c22-16-11-10-15(21-24-17-8-4-5-9-19(17)26-21)13-18(16)23-20(25)12-14-6-2-1-3-7-14/h1-11,13H,12H2,(H,23,25). The summed E-state index contributed by atoms with van der Waals surface area (Å²) in [4.78, 5) is 17.0. The van der Waals surface area contributed by atoms with Gasteiger partial charge in [0.2, 0.25) is 5.91 Å². The molecule has 3 aromatic carbocycles. The van der Waals surface area contributed by atoms with Crippen molar-refractivity contribution in [2.24, 2.45) is 0 Å². The van der Waals surface area contributed by atoms with E-state index in [0.717, 1.165) is 26.4 Å². The first-order chi connectivity index (χ1) is 12.7. The van der Waals surface area contributed by atoms with Crippen molar-refractivity contribution in [3.63, 3.8) is 0 Å². The van der Waals surface area contributed by atoms with Crippen molar-refractivity contribution >= 4 is 44.7 Å². The second-order valence-corrected chi connectivity index (χ2v) is 7.33. The molecule has 4 aromatic rings. The van der Waals surface area contributed by atoms with Gasteiger partial charge in [0.25, 0.3) is 0 Å². The summed E-state index contributed by atoms with van der Waals surface area (Å²) in [6, 6.07) is 23.2. The predicted molar refractivity (Wildman–Crippen MR) is 109 cm³/mol. The molecule has 0 saturated carbocycles. The van der Waals surface area contributed by atoms with Gasteiger partial charge in [-0.2, -0.15) is 0 Å². The summed E-state index contributed by atoms with van der Waals surface area (Å²) in [5.74, 6) is -0.0976. The number of nitrogens with zero attached hydrogens (tertiary/aromatic N) is 1. The molecule has 0 bridgehead atoms. The van der Waals surface area contributed by atoms with Crippen LogP contribution in [-0.4, -0.2) is 10.9 Å². The summed E-state index contributed by atoms with van der Waals surface area (Å²) in [6.45, 7) is 0. The Morgan fingerprint density at radius 2 is 1.77 bits per heavy atom. The molecule has 1 heterocycles. The van der Waals surface area contributed by atoms with Crippen molar-refractivity contribution in [2.75, 3.05) is 5.32 Å². The third kappa shape index (κ3) is 3.62. The summed E-state index contributed by atoms with van der Waals surface area (Å²) in [5.41, 5.74) is 3.47. The van der Waals surface area contributed by atoms with Gasteiger partial charge in [-0.25, -0.2) is 4.98 Å². The highest BCUT2D eigenvalue weighted by Gasteiger charge is 2.11. The van der Waals surface area contributed by atoms with Crippen LogP contribution in [-0.2, 0) is 11.2 Å². The summed E-state index contributed by atoms with van der Waals surface area (Å²) >= 11 is 7.90. The molecule has 0 atom stereocenters. The van der Waals surface area contributed by atoms with Crippen molar-refractivity contribution in [3.05, 3.63) is 83.4 Å². The molecule has 4 rings (SSSR count). The van der Waals surface area contributed by atoms with E-state index in [0.29, 0.717) is 17.1 Å². The van der Waals surface area contributed by atoms with Gasteiger partial charge in [0.15, 0.2) is 0 Å². The van der Waals surface area contributed by atoms with Crippen LogP contribution in [0.1, 0.15) is 5.56 Å². The minimum absolute atomic E-state index is 0.0976. The third-order valence-electron chi connectivity index (χ3n) is 3.99. The topological polar surface area (TPSA) is 42.0 Å². The highest BCUT2D eigenvalue weighted by atomic mass is 35.5. The van der Waals surface area contributed by atoms with Crippen LogP contribution >= 0.6 is 22.9 Å². The van der Waals surface area contributed by atoms with Crippen molar-refractivity contribution in [3.8, 4) is 10.6 Å². The number of anilines is 1. The van der Waals surface area contributed by atoms with Gasteiger partial charge in [0, 0.05) is 5.56 Å². The number of aromatic nitrogens is 1. The van der Waals surface area contributed by atoms with E-state index in [-0.39, 0.29) is 5.91 Å². The van der Waals surface area contributed by atoms with Crippen LogP contribution in [0.4, 0.5) is 5.69 Å². The molecule has 26 heavy (non-hydrogen) atoms. The Bertz CT molecular complexity index is 1040. The van der Waals surface area contributed by atoms with E-state index >= 15 is 0 Å². The maximum absolute atomic E-state index is 12.3. The fraction of sp³-hybridized carbons (Fsp3) is 0.0476. The van der Waals surface area contributed by atoms with E-state index in [2.05, 4.69) is 16.4 Å². The number of fused-ring (bicyclic) bond motifs is 1. The van der Waals surface area contributed by atoms with E-state index in [4.69, 9.17) is 11.6 Å². The van der Waals surface area contributed by atoms with Crippen LogP contribution in [0.3, 0.4) is 0 Å². The maximum atomic E-state index is 12.3. The Balaban J connectivity index is 1.59. The zero-order chi connectivity index (χ0) is 17.9. The Morgan fingerprint density at radius 3 is 2.58 bits per heavy atom. The van der Waals surface area contributed by atoms with Gasteiger partial charge in [-0.3, -0.25) is 4.79 Å². The lowest BCUT2D eigenvalue weighted by atomic mass is 10.1. The Labute approximate surface area is 160 Å². The monoisotopic (exact) mass is 378 g/mol. The molecular weight excluding hydrogens is 364 g/mol. The van der Waals surface area contributed by atoms with Crippen LogP contribution in [0.15, 0.2) is 72.8 Å². The average Bonchev–Trinajstić information content (AvgIpc) is 3.08. The van der Waals surface area contributed by atoms with Crippen LogP contribution in [0.5, 0.6) is 0 Å². The summed E-state index contributed by atoms with van der Waals surface area (Å²) in [6.07, 6.45) is 0.308. The molecule has 0 saturated heterocycles. The number of para-hydroxylation sites is 1. The zero-order valence-corrected chi connectivity index (χ0v) is 15.3. The minimum atomic E-state index is -0.0976. The molecule has 0 unspecified atom stereocenters. The number of carbonyl (C=O) groups is 1. The smallest absolute Gasteiger partial charge is 0.228 e. The number of amides is 1. The number of halogens is 1. The minimum Gasteiger partial charge on any atom is -0.324 e. The van der Waals surface area contributed by atoms with E-state index < -0.39 is 0 Å². The molecule has 3 nitrogen and oxygen atoms in total.